The van der Waals surface area contributed by atoms with Crippen LogP contribution in [0.25, 0.3) is 6.08 Å². The van der Waals surface area contributed by atoms with Gasteiger partial charge in [0.05, 0.1) is 6.61 Å². The highest BCUT2D eigenvalue weighted by atomic mass is 16.5. The summed E-state index contributed by atoms with van der Waals surface area (Å²) in [7, 11) is 0. The molecule has 0 saturated carbocycles. The monoisotopic (exact) mass is 234 g/mol. The van der Waals surface area contributed by atoms with E-state index in [2.05, 4.69) is 0 Å². The van der Waals surface area contributed by atoms with Crippen molar-refractivity contribution < 1.29 is 14.6 Å². The third-order valence-corrected chi connectivity index (χ3v) is 2.44. The largest absolute Gasteiger partial charge is 0.494 e. The molecule has 0 bridgehead atoms. The van der Waals surface area contributed by atoms with Crippen molar-refractivity contribution in [2.24, 2.45) is 5.92 Å². The van der Waals surface area contributed by atoms with Gasteiger partial charge in [-0.15, -0.1) is 0 Å². The van der Waals surface area contributed by atoms with E-state index in [1.165, 1.54) is 6.08 Å². The van der Waals surface area contributed by atoms with E-state index in [1.807, 2.05) is 31.2 Å². The predicted molar refractivity (Wildman–Crippen MR) is 67.9 cm³/mol. The highest BCUT2D eigenvalue weighted by Gasteiger charge is 2.00. The van der Waals surface area contributed by atoms with Gasteiger partial charge in [-0.1, -0.05) is 25.1 Å². The van der Waals surface area contributed by atoms with Gasteiger partial charge in [0.2, 0.25) is 0 Å². The summed E-state index contributed by atoms with van der Waals surface area (Å²) in [4.78, 5) is 10.1. The van der Waals surface area contributed by atoms with Crippen LogP contribution < -0.4 is 4.74 Å². The zero-order valence-corrected chi connectivity index (χ0v) is 10.0. The molecular weight excluding hydrogens is 216 g/mol. The Morgan fingerprint density at radius 2 is 2.06 bits per heavy atom. The Kier molecular flexibility index (Phi) is 6.04. The van der Waals surface area contributed by atoms with Crippen LogP contribution in [0.3, 0.4) is 0 Å². The number of ether oxygens (including phenoxy) is 1. The number of carbonyl (C=O) groups excluding carboxylic acids is 1. The lowest BCUT2D eigenvalue weighted by molar-refractivity contribution is -0.104. The molecule has 0 aliphatic rings. The van der Waals surface area contributed by atoms with Gasteiger partial charge in [0.1, 0.15) is 12.0 Å². The number of aldehydes is 1. The van der Waals surface area contributed by atoms with Crippen LogP contribution in [0.4, 0.5) is 0 Å². The summed E-state index contributed by atoms with van der Waals surface area (Å²) in [6, 6.07) is 7.53. The molecule has 0 aromatic heterocycles. The van der Waals surface area contributed by atoms with Crippen molar-refractivity contribution in [1.29, 1.82) is 0 Å². The molecule has 0 saturated heterocycles. The zero-order valence-electron chi connectivity index (χ0n) is 10.0. The average molecular weight is 234 g/mol. The molecule has 1 aromatic carbocycles. The average Bonchev–Trinajstić information content (AvgIpc) is 2.37. The maximum Gasteiger partial charge on any atom is 0.142 e. The van der Waals surface area contributed by atoms with E-state index in [-0.39, 0.29) is 12.5 Å². The lowest BCUT2D eigenvalue weighted by Crippen LogP contribution is -2.07. The first-order chi connectivity index (χ1) is 8.26. The molecule has 1 unspecified atom stereocenters. The van der Waals surface area contributed by atoms with Crippen LogP contribution in [0.5, 0.6) is 5.75 Å². The Morgan fingerprint density at radius 3 is 2.65 bits per heavy atom. The summed E-state index contributed by atoms with van der Waals surface area (Å²) in [6.07, 6.45) is 4.79. The Hall–Kier alpha value is -1.61. The standard InChI is InChI=1S/C14H18O3/c1-12(11-16)8-10-17-14-6-4-13(5-7-14)3-2-9-15/h2-7,9,12,16H,8,10-11H2,1H3/b3-2+. The second kappa shape index (κ2) is 7.63. The normalized spacial score (nSPS) is 12.6. The van der Waals surface area contributed by atoms with Gasteiger partial charge in [0, 0.05) is 6.61 Å². The van der Waals surface area contributed by atoms with Crippen molar-refractivity contribution in [2.45, 2.75) is 13.3 Å². The number of rotatable bonds is 7. The number of hydrogen-bond acceptors (Lipinski definition) is 3. The lowest BCUT2D eigenvalue weighted by atomic mass is 10.1. The molecule has 92 valence electrons. The Balaban J connectivity index is 2.40. The van der Waals surface area contributed by atoms with E-state index >= 15 is 0 Å². The molecular formula is C14H18O3. The van der Waals surface area contributed by atoms with Crippen LogP contribution in [-0.4, -0.2) is 24.6 Å². The van der Waals surface area contributed by atoms with Gasteiger partial charge in [0.25, 0.3) is 0 Å². The van der Waals surface area contributed by atoms with Crippen LogP contribution >= 0.6 is 0 Å². The fourth-order valence-electron chi connectivity index (χ4n) is 1.29. The first-order valence-corrected chi connectivity index (χ1v) is 5.72. The molecule has 0 aliphatic carbocycles. The number of allylic oxidation sites excluding steroid dienone is 1. The molecule has 17 heavy (non-hydrogen) atoms. The molecule has 0 aliphatic heterocycles. The molecule has 0 spiro atoms. The van der Waals surface area contributed by atoms with Crippen molar-refractivity contribution in [3.63, 3.8) is 0 Å². The molecule has 1 aromatic rings. The quantitative estimate of drug-likeness (QED) is 0.581. The van der Waals surface area contributed by atoms with Gasteiger partial charge in [-0.25, -0.2) is 0 Å². The zero-order chi connectivity index (χ0) is 12.5. The number of aliphatic hydroxyl groups is 1. The van der Waals surface area contributed by atoms with Crippen LogP contribution in [0.15, 0.2) is 30.3 Å². The SMILES string of the molecule is CC(CO)CCOc1ccc(/C=C/C=O)cc1. The van der Waals surface area contributed by atoms with Gasteiger partial charge >= 0.3 is 0 Å². The molecule has 0 heterocycles. The first-order valence-electron chi connectivity index (χ1n) is 5.72. The molecule has 0 radical (unpaired) electrons. The summed E-state index contributed by atoms with van der Waals surface area (Å²) in [5, 5.41) is 8.86. The number of carbonyl (C=O) groups is 1. The highest BCUT2D eigenvalue weighted by molar-refractivity contribution is 5.73. The molecule has 1 N–H and O–H groups in total. The van der Waals surface area contributed by atoms with E-state index in [0.29, 0.717) is 6.61 Å². The third kappa shape index (κ3) is 5.31. The van der Waals surface area contributed by atoms with Crippen molar-refractivity contribution in [2.75, 3.05) is 13.2 Å². The van der Waals surface area contributed by atoms with Crippen LogP contribution in [0.2, 0.25) is 0 Å². The van der Waals surface area contributed by atoms with E-state index in [0.717, 1.165) is 24.0 Å². The number of hydrogen-bond donors (Lipinski definition) is 1. The van der Waals surface area contributed by atoms with Crippen molar-refractivity contribution in [3.05, 3.63) is 35.9 Å². The second-order valence-corrected chi connectivity index (χ2v) is 3.99. The van der Waals surface area contributed by atoms with Gasteiger partial charge in [-0.05, 0) is 36.1 Å². The second-order valence-electron chi connectivity index (χ2n) is 3.99. The molecule has 3 heteroatoms. The van der Waals surface area contributed by atoms with Gasteiger partial charge < -0.3 is 9.84 Å². The van der Waals surface area contributed by atoms with E-state index in [1.54, 1.807) is 6.08 Å². The van der Waals surface area contributed by atoms with Crippen molar-refractivity contribution in [3.8, 4) is 5.75 Å². The summed E-state index contributed by atoms with van der Waals surface area (Å²) in [5.74, 6) is 1.07. The Bertz CT molecular complexity index is 354. The smallest absolute Gasteiger partial charge is 0.142 e. The summed E-state index contributed by atoms with van der Waals surface area (Å²) in [5.41, 5.74) is 0.966. The van der Waals surface area contributed by atoms with Crippen LogP contribution in [0, 0.1) is 5.92 Å². The molecule has 0 fully saturated rings. The topological polar surface area (TPSA) is 46.5 Å². The fraction of sp³-hybridized carbons (Fsp3) is 0.357. The van der Waals surface area contributed by atoms with Crippen LogP contribution in [0.1, 0.15) is 18.9 Å². The fourth-order valence-corrected chi connectivity index (χ4v) is 1.29. The molecule has 3 nitrogen and oxygen atoms in total. The maximum absolute atomic E-state index is 10.1. The minimum Gasteiger partial charge on any atom is -0.494 e. The summed E-state index contributed by atoms with van der Waals surface area (Å²) >= 11 is 0. The number of aliphatic hydroxyl groups excluding tert-OH is 1. The molecule has 0 amide bonds. The minimum atomic E-state index is 0.193. The Labute approximate surface area is 102 Å². The van der Waals surface area contributed by atoms with Gasteiger partial charge in [-0.2, -0.15) is 0 Å². The maximum atomic E-state index is 10.1. The van der Waals surface area contributed by atoms with Crippen LogP contribution in [-0.2, 0) is 4.79 Å². The Morgan fingerprint density at radius 1 is 1.35 bits per heavy atom. The third-order valence-electron chi connectivity index (χ3n) is 2.44. The van der Waals surface area contributed by atoms with E-state index < -0.39 is 0 Å². The lowest BCUT2D eigenvalue weighted by Gasteiger charge is -2.09. The summed E-state index contributed by atoms with van der Waals surface area (Å²) < 4.78 is 5.53. The minimum absolute atomic E-state index is 0.193. The first kappa shape index (κ1) is 13.5. The summed E-state index contributed by atoms with van der Waals surface area (Å²) in [6.45, 7) is 2.78. The van der Waals surface area contributed by atoms with Crippen molar-refractivity contribution >= 4 is 12.4 Å². The van der Waals surface area contributed by atoms with Gasteiger partial charge in [-0.3, -0.25) is 4.79 Å². The van der Waals surface area contributed by atoms with E-state index in [9.17, 15) is 4.79 Å². The molecule has 1 rings (SSSR count). The predicted octanol–water partition coefficient (Wildman–Crippen LogP) is 2.30. The van der Waals surface area contributed by atoms with Crippen molar-refractivity contribution in [1.82, 2.24) is 0 Å². The highest BCUT2D eigenvalue weighted by Crippen LogP contribution is 2.14. The number of benzene rings is 1. The molecule has 1 atom stereocenters. The van der Waals surface area contributed by atoms with E-state index in [4.69, 9.17) is 9.84 Å². The van der Waals surface area contributed by atoms with Gasteiger partial charge in [0.15, 0.2) is 0 Å².